The highest BCUT2D eigenvalue weighted by Crippen LogP contribution is 2.42. The molecule has 0 aliphatic heterocycles. The van der Waals surface area contributed by atoms with Gasteiger partial charge in [0.25, 0.3) is 0 Å². The summed E-state index contributed by atoms with van der Waals surface area (Å²) in [4.78, 5) is 33.6. The number of aliphatic hydroxyl groups excluding tert-OH is 1. The Hall–Kier alpha value is -1.25. The third-order valence-corrected chi connectivity index (χ3v) is 8.18. The van der Waals surface area contributed by atoms with Crippen molar-refractivity contribution < 1.29 is 37.9 Å². The number of ether oxygens (including phenoxy) is 1. The lowest BCUT2D eigenvalue weighted by Gasteiger charge is -2.15. The molecule has 0 spiro atoms. The SMILES string of the molecule is CCCC/C=C\CCCCCCCC(=O)OCC(O)COP(=O)(O)OCCNC(=O)CCCCCCCCCCCCC. The molecule has 0 rings (SSSR count). The van der Waals surface area contributed by atoms with E-state index in [4.69, 9.17) is 13.8 Å². The van der Waals surface area contributed by atoms with Gasteiger partial charge in [-0.15, -0.1) is 0 Å². The predicted octanol–water partition coefficient (Wildman–Crippen LogP) is 8.32. The van der Waals surface area contributed by atoms with E-state index < -0.39 is 26.5 Å². The van der Waals surface area contributed by atoms with E-state index in [1.807, 2.05) is 0 Å². The first kappa shape index (κ1) is 41.8. The number of allylic oxidation sites excluding steroid dienone is 2. The van der Waals surface area contributed by atoms with Gasteiger partial charge in [0.15, 0.2) is 0 Å². The van der Waals surface area contributed by atoms with Crippen LogP contribution in [0, 0.1) is 0 Å². The van der Waals surface area contributed by atoms with Crippen LogP contribution in [0.1, 0.15) is 155 Å². The lowest BCUT2D eigenvalue weighted by atomic mass is 10.1. The summed E-state index contributed by atoms with van der Waals surface area (Å²) in [5, 5.41) is 12.6. The number of esters is 1. The summed E-state index contributed by atoms with van der Waals surface area (Å²) in [6.45, 7) is 3.48. The highest BCUT2D eigenvalue weighted by Gasteiger charge is 2.23. The van der Waals surface area contributed by atoms with E-state index in [-0.39, 0.29) is 32.1 Å². The van der Waals surface area contributed by atoms with Crippen molar-refractivity contribution in [2.24, 2.45) is 0 Å². The minimum atomic E-state index is -4.40. The Balaban J connectivity index is 3.65. The van der Waals surface area contributed by atoms with Crippen molar-refractivity contribution in [2.45, 2.75) is 161 Å². The summed E-state index contributed by atoms with van der Waals surface area (Å²) < 4.78 is 26.6. The molecule has 10 heteroatoms. The topological polar surface area (TPSA) is 131 Å². The number of rotatable bonds is 32. The molecule has 2 unspecified atom stereocenters. The molecule has 0 aromatic rings. The Morgan fingerprint density at radius 1 is 0.698 bits per heavy atom. The van der Waals surface area contributed by atoms with Crippen LogP contribution in [0.2, 0.25) is 0 Å². The lowest BCUT2D eigenvalue weighted by molar-refractivity contribution is -0.147. The third kappa shape index (κ3) is 32.0. The molecule has 43 heavy (non-hydrogen) atoms. The van der Waals surface area contributed by atoms with Crippen molar-refractivity contribution in [3.05, 3.63) is 12.2 Å². The molecule has 2 atom stereocenters. The lowest BCUT2D eigenvalue weighted by Crippen LogP contribution is -2.27. The van der Waals surface area contributed by atoms with Crippen LogP contribution in [0.5, 0.6) is 0 Å². The van der Waals surface area contributed by atoms with Crippen molar-refractivity contribution in [3.63, 3.8) is 0 Å². The number of hydrogen-bond donors (Lipinski definition) is 3. The van der Waals surface area contributed by atoms with E-state index in [1.165, 1.54) is 64.2 Å². The van der Waals surface area contributed by atoms with Gasteiger partial charge in [-0.3, -0.25) is 18.6 Å². The molecule has 0 fully saturated rings. The Kier molecular flexibility index (Phi) is 29.9. The molecule has 0 aromatic heterocycles. The fourth-order valence-corrected chi connectivity index (χ4v) is 5.29. The van der Waals surface area contributed by atoms with Gasteiger partial charge < -0.3 is 20.1 Å². The van der Waals surface area contributed by atoms with Gasteiger partial charge in [-0.2, -0.15) is 0 Å². The second-order valence-corrected chi connectivity index (χ2v) is 12.9. The highest BCUT2D eigenvalue weighted by atomic mass is 31.2. The number of phosphoric acid groups is 1. The van der Waals surface area contributed by atoms with Gasteiger partial charge in [-0.25, -0.2) is 4.57 Å². The summed E-state index contributed by atoms with van der Waals surface area (Å²) in [6, 6.07) is 0. The minimum Gasteiger partial charge on any atom is -0.463 e. The third-order valence-electron chi connectivity index (χ3n) is 7.20. The van der Waals surface area contributed by atoms with E-state index >= 15 is 0 Å². The zero-order valence-corrected chi connectivity index (χ0v) is 28.3. The smallest absolute Gasteiger partial charge is 0.463 e. The van der Waals surface area contributed by atoms with Gasteiger partial charge in [0, 0.05) is 19.4 Å². The maximum atomic E-state index is 12.0. The van der Waals surface area contributed by atoms with Crippen molar-refractivity contribution in [1.29, 1.82) is 0 Å². The quantitative estimate of drug-likeness (QED) is 0.0292. The second-order valence-electron chi connectivity index (χ2n) is 11.5. The molecule has 0 aromatic carbocycles. The number of nitrogens with one attached hydrogen (secondary N) is 1. The number of phosphoric ester groups is 1. The van der Waals surface area contributed by atoms with Gasteiger partial charge in [0.2, 0.25) is 5.91 Å². The van der Waals surface area contributed by atoms with Gasteiger partial charge in [-0.1, -0.05) is 122 Å². The van der Waals surface area contributed by atoms with Gasteiger partial charge >= 0.3 is 13.8 Å². The van der Waals surface area contributed by atoms with Crippen LogP contribution in [-0.4, -0.2) is 54.3 Å². The van der Waals surface area contributed by atoms with Crippen LogP contribution in [0.3, 0.4) is 0 Å². The maximum Gasteiger partial charge on any atom is 0.472 e. The standard InChI is InChI=1S/C33H64NO8P/c1-3-5-7-9-11-13-15-17-19-21-23-25-32(36)34-27-28-41-43(38,39)42-30-31(35)29-40-33(37)26-24-22-20-18-16-14-12-10-8-6-4-2/h10,12,31,35H,3-9,11,13-30H2,1-2H3,(H,34,36)(H,38,39)/b12-10-. The molecule has 0 heterocycles. The first-order chi connectivity index (χ1) is 20.8. The van der Waals surface area contributed by atoms with Crippen LogP contribution < -0.4 is 5.32 Å². The molecule has 0 saturated heterocycles. The van der Waals surface area contributed by atoms with Crippen molar-refractivity contribution in [3.8, 4) is 0 Å². The monoisotopic (exact) mass is 633 g/mol. The van der Waals surface area contributed by atoms with Crippen molar-refractivity contribution >= 4 is 19.7 Å². The van der Waals surface area contributed by atoms with E-state index in [0.29, 0.717) is 6.42 Å². The van der Waals surface area contributed by atoms with Crippen LogP contribution in [0.15, 0.2) is 12.2 Å². The summed E-state index contributed by atoms with van der Waals surface area (Å²) in [7, 11) is -4.40. The van der Waals surface area contributed by atoms with Gasteiger partial charge in [0.05, 0.1) is 13.2 Å². The number of hydrogen-bond acceptors (Lipinski definition) is 7. The predicted molar refractivity (Wildman–Crippen MR) is 174 cm³/mol. The molecule has 0 aliphatic carbocycles. The number of carbonyl (C=O) groups excluding carboxylic acids is 2. The second kappa shape index (κ2) is 30.8. The number of amides is 1. The first-order valence-electron chi connectivity index (χ1n) is 17.2. The van der Waals surface area contributed by atoms with Crippen LogP contribution in [0.4, 0.5) is 0 Å². The van der Waals surface area contributed by atoms with Crippen molar-refractivity contribution in [1.82, 2.24) is 5.32 Å². The molecular weight excluding hydrogens is 569 g/mol. The number of unbranched alkanes of at least 4 members (excludes halogenated alkanes) is 17. The molecule has 3 N–H and O–H groups in total. The largest absolute Gasteiger partial charge is 0.472 e. The summed E-state index contributed by atoms with van der Waals surface area (Å²) >= 11 is 0. The number of carbonyl (C=O) groups is 2. The molecule has 1 amide bonds. The van der Waals surface area contributed by atoms with Gasteiger partial charge in [-0.05, 0) is 32.1 Å². The summed E-state index contributed by atoms with van der Waals surface area (Å²) in [5.41, 5.74) is 0. The average Bonchev–Trinajstić information content (AvgIpc) is 2.98. The zero-order valence-electron chi connectivity index (χ0n) is 27.4. The molecule has 9 nitrogen and oxygen atoms in total. The fraction of sp³-hybridized carbons (Fsp3) is 0.879. The maximum absolute atomic E-state index is 12.0. The van der Waals surface area contributed by atoms with Crippen molar-refractivity contribution in [2.75, 3.05) is 26.4 Å². The molecule has 0 aliphatic rings. The van der Waals surface area contributed by atoms with E-state index in [0.717, 1.165) is 64.2 Å². The molecular formula is C33H64NO8P. The summed E-state index contributed by atoms with van der Waals surface area (Å²) in [6.07, 6.45) is 27.1. The first-order valence-corrected chi connectivity index (χ1v) is 18.7. The highest BCUT2D eigenvalue weighted by molar-refractivity contribution is 7.47. The Morgan fingerprint density at radius 2 is 1.21 bits per heavy atom. The fourth-order valence-electron chi connectivity index (χ4n) is 4.54. The van der Waals surface area contributed by atoms with Crippen LogP contribution in [0.25, 0.3) is 0 Å². The normalized spacial score (nSPS) is 13.7. The van der Waals surface area contributed by atoms with E-state index in [1.54, 1.807) is 0 Å². The Morgan fingerprint density at radius 3 is 1.81 bits per heavy atom. The molecule has 254 valence electrons. The van der Waals surface area contributed by atoms with Crippen LogP contribution in [-0.2, 0) is 27.9 Å². The van der Waals surface area contributed by atoms with E-state index in [2.05, 4.69) is 31.3 Å². The molecule has 0 saturated carbocycles. The van der Waals surface area contributed by atoms with Gasteiger partial charge in [0.1, 0.15) is 12.7 Å². The van der Waals surface area contributed by atoms with Crippen LogP contribution >= 0.6 is 7.82 Å². The number of aliphatic hydroxyl groups is 1. The molecule has 0 bridgehead atoms. The zero-order chi connectivity index (χ0) is 31.9. The molecule has 0 radical (unpaired) electrons. The Labute approximate surface area is 262 Å². The average molecular weight is 634 g/mol. The van der Waals surface area contributed by atoms with E-state index in [9.17, 15) is 24.2 Å². The minimum absolute atomic E-state index is 0.0844. The summed E-state index contributed by atoms with van der Waals surface area (Å²) in [5.74, 6) is -0.527. The Bertz CT molecular complexity index is 734.